The molecule has 0 aromatic carbocycles. The van der Waals surface area contributed by atoms with Gasteiger partial charge in [-0.15, -0.1) is 0 Å². The lowest BCUT2D eigenvalue weighted by Gasteiger charge is -2.27. The second kappa shape index (κ2) is 5.61. The quantitative estimate of drug-likeness (QED) is 0.778. The van der Waals surface area contributed by atoms with Gasteiger partial charge in [-0.2, -0.15) is 0 Å². The summed E-state index contributed by atoms with van der Waals surface area (Å²) in [7, 11) is 1.99. The zero-order valence-corrected chi connectivity index (χ0v) is 11.4. The minimum Gasteiger partial charge on any atom is -0.352 e. The van der Waals surface area contributed by atoms with E-state index in [1.807, 2.05) is 24.1 Å². The summed E-state index contributed by atoms with van der Waals surface area (Å²) < 4.78 is 15.7. The van der Waals surface area contributed by atoms with Crippen molar-refractivity contribution < 1.29 is 9.47 Å². The van der Waals surface area contributed by atoms with Crippen molar-refractivity contribution in [3.8, 4) is 0 Å². The summed E-state index contributed by atoms with van der Waals surface area (Å²) in [6.07, 6.45) is 6.06. The average Bonchev–Trinajstić information content (AvgIpc) is 3.01. The van der Waals surface area contributed by atoms with E-state index in [-0.39, 0.29) is 6.29 Å². The predicted octanol–water partition coefficient (Wildman–Crippen LogP) is 1.51. The Morgan fingerprint density at radius 1 is 1.39 bits per heavy atom. The summed E-state index contributed by atoms with van der Waals surface area (Å²) in [6.45, 7) is 3.78. The van der Waals surface area contributed by atoms with Crippen LogP contribution in [0.25, 0.3) is 0 Å². The van der Waals surface area contributed by atoms with Crippen LogP contribution in [0.4, 0.5) is 0 Å². The molecule has 1 atom stereocenters. The first-order chi connectivity index (χ1) is 8.81. The molecule has 2 saturated heterocycles. The first-order valence-electron chi connectivity index (χ1n) is 6.45. The van der Waals surface area contributed by atoms with E-state index in [2.05, 4.69) is 9.29 Å². The molecule has 5 nitrogen and oxygen atoms in total. The van der Waals surface area contributed by atoms with Crippen LogP contribution in [-0.2, 0) is 16.5 Å². The van der Waals surface area contributed by atoms with Crippen LogP contribution < -0.4 is 0 Å². The fraction of sp³-hybridized carbons (Fsp3) is 0.750. The molecular weight excluding hydrogens is 250 g/mol. The zero-order valence-electron chi connectivity index (χ0n) is 10.6. The van der Waals surface area contributed by atoms with Gasteiger partial charge in [0.2, 0.25) is 0 Å². The first-order valence-corrected chi connectivity index (χ1v) is 7.23. The fourth-order valence-corrected chi connectivity index (χ4v) is 3.44. The Balaban J connectivity index is 1.51. The first kappa shape index (κ1) is 12.5. The van der Waals surface area contributed by atoms with Crippen LogP contribution in [0, 0.1) is 5.92 Å². The molecule has 2 fully saturated rings. The maximum Gasteiger partial charge on any atom is 0.161 e. The second-order valence-corrected chi connectivity index (χ2v) is 5.99. The highest BCUT2D eigenvalue weighted by molar-refractivity contribution is 7.97. The lowest BCUT2D eigenvalue weighted by Crippen LogP contribution is -2.33. The molecule has 0 N–H and O–H groups in total. The third kappa shape index (κ3) is 2.88. The number of imidazole rings is 1. The largest absolute Gasteiger partial charge is 0.352 e. The molecule has 1 aromatic heterocycles. The standard InChI is InChI=1S/C12H19N3O2S/c1-14-8-11(13-9-14)18-15-4-3-10(7-15)12-16-5-2-6-17-12/h8-10,12H,2-7H2,1H3/t10-/m0/s1. The predicted molar refractivity (Wildman–Crippen MR) is 69.1 cm³/mol. The van der Waals surface area contributed by atoms with Gasteiger partial charge in [-0.1, -0.05) is 0 Å². The van der Waals surface area contributed by atoms with E-state index < -0.39 is 0 Å². The van der Waals surface area contributed by atoms with Crippen molar-refractivity contribution in [1.82, 2.24) is 13.9 Å². The lowest BCUT2D eigenvalue weighted by atomic mass is 10.1. The molecule has 3 rings (SSSR count). The Morgan fingerprint density at radius 3 is 2.94 bits per heavy atom. The van der Waals surface area contributed by atoms with Crippen LogP contribution in [0.15, 0.2) is 17.6 Å². The van der Waals surface area contributed by atoms with Crippen LogP contribution in [0.3, 0.4) is 0 Å². The van der Waals surface area contributed by atoms with Crippen molar-refractivity contribution in [2.24, 2.45) is 13.0 Å². The highest BCUT2D eigenvalue weighted by atomic mass is 32.2. The third-order valence-electron chi connectivity index (χ3n) is 3.33. The molecular formula is C12H19N3O2S. The molecule has 0 aliphatic carbocycles. The number of nitrogens with zero attached hydrogens (tertiary/aromatic N) is 3. The number of ether oxygens (including phenoxy) is 2. The molecule has 0 saturated carbocycles. The van der Waals surface area contributed by atoms with E-state index in [4.69, 9.17) is 9.47 Å². The van der Waals surface area contributed by atoms with Crippen LogP contribution in [0.2, 0.25) is 0 Å². The molecule has 6 heteroatoms. The smallest absolute Gasteiger partial charge is 0.161 e. The average molecular weight is 269 g/mol. The van der Waals surface area contributed by atoms with Gasteiger partial charge in [0.25, 0.3) is 0 Å². The Bertz CT molecular complexity index is 392. The van der Waals surface area contributed by atoms with E-state index in [1.54, 1.807) is 11.9 Å². The SMILES string of the molecule is Cn1cnc(SN2CC[C@H](C3OCCCO3)C2)c1. The molecule has 0 bridgehead atoms. The van der Waals surface area contributed by atoms with Crippen LogP contribution >= 0.6 is 11.9 Å². The van der Waals surface area contributed by atoms with Crippen molar-refractivity contribution in [3.05, 3.63) is 12.5 Å². The molecule has 100 valence electrons. The van der Waals surface area contributed by atoms with E-state index in [0.717, 1.165) is 44.2 Å². The third-order valence-corrected chi connectivity index (χ3v) is 4.32. The van der Waals surface area contributed by atoms with Gasteiger partial charge in [0, 0.05) is 32.3 Å². The summed E-state index contributed by atoms with van der Waals surface area (Å²) in [5.74, 6) is 0.501. The minimum atomic E-state index is 0.00748. The Hall–Kier alpha value is -0.560. The summed E-state index contributed by atoms with van der Waals surface area (Å²) in [5, 5.41) is 1.06. The number of aryl methyl sites for hydroxylation is 1. The van der Waals surface area contributed by atoms with Crippen LogP contribution in [-0.4, -0.2) is 46.4 Å². The number of hydrogen-bond donors (Lipinski definition) is 0. The van der Waals surface area contributed by atoms with E-state index in [9.17, 15) is 0 Å². The normalized spacial score (nSPS) is 26.8. The van der Waals surface area contributed by atoms with E-state index in [0.29, 0.717) is 5.92 Å². The summed E-state index contributed by atoms with van der Waals surface area (Å²) in [4.78, 5) is 4.34. The topological polar surface area (TPSA) is 39.5 Å². The van der Waals surface area contributed by atoms with Gasteiger partial charge < -0.3 is 14.0 Å². The maximum atomic E-state index is 5.69. The van der Waals surface area contributed by atoms with Gasteiger partial charge in [0.15, 0.2) is 6.29 Å². The number of aromatic nitrogens is 2. The van der Waals surface area contributed by atoms with Crippen molar-refractivity contribution in [2.45, 2.75) is 24.2 Å². The zero-order chi connectivity index (χ0) is 12.4. The summed E-state index contributed by atoms with van der Waals surface area (Å²) in [6, 6.07) is 0. The molecule has 2 aliphatic rings. The summed E-state index contributed by atoms with van der Waals surface area (Å²) in [5.41, 5.74) is 0. The van der Waals surface area contributed by atoms with Gasteiger partial charge >= 0.3 is 0 Å². The summed E-state index contributed by atoms with van der Waals surface area (Å²) >= 11 is 1.73. The maximum absolute atomic E-state index is 5.69. The van der Waals surface area contributed by atoms with Crippen LogP contribution in [0.1, 0.15) is 12.8 Å². The molecule has 0 amide bonds. The van der Waals surface area contributed by atoms with Gasteiger partial charge in [0.1, 0.15) is 5.03 Å². The molecule has 0 spiro atoms. The van der Waals surface area contributed by atoms with Crippen molar-refractivity contribution in [3.63, 3.8) is 0 Å². The molecule has 0 radical (unpaired) electrons. The van der Waals surface area contributed by atoms with Gasteiger partial charge in [0.05, 0.1) is 19.5 Å². The van der Waals surface area contributed by atoms with E-state index in [1.165, 1.54) is 0 Å². The minimum absolute atomic E-state index is 0.00748. The number of hydrogen-bond acceptors (Lipinski definition) is 5. The lowest BCUT2D eigenvalue weighted by molar-refractivity contribution is -0.202. The fourth-order valence-electron chi connectivity index (χ4n) is 2.41. The molecule has 3 heterocycles. The van der Waals surface area contributed by atoms with Gasteiger partial charge in [-0.05, 0) is 24.8 Å². The van der Waals surface area contributed by atoms with Crippen molar-refractivity contribution in [2.75, 3.05) is 26.3 Å². The Labute approximate surface area is 112 Å². The highest BCUT2D eigenvalue weighted by Gasteiger charge is 2.32. The van der Waals surface area contributed by atoms with Gasteiger partial charge in [-0.3, -0.25) is 0 Å². The highest BCUT2D eigenvalue weighted by Crippen LogP contribution is 2.31. The molecule has 18 heavy (non-hydrogen) atoms. The number of rotatable bonds is 3. The second-order valence-electron chi connectivity index (χ2n) is 4.87. The van der Waals surface area contributed by atoms with Gasteiger partial charge in [-0.25, -0.2) is 9.29 Å². The van der Waals surface area contributed by atoms with E-state index >= 15 is 0 Å². The van der Waals surface area contributed by atoms with Crippen molar-refractivity contribution in [1.29, 1.82) is 0 Å². The van der Waals surface area contributed by atoms with Crippen LogP contribution in [0.5, 0.6) is 0 Å². The molecule has 2 aliphatic heterocycles. The Kier molecular flexibility index (Phi) is 3.88. The molecule has 1 aromatic rings. The van der Waals surface area contributed by atoms with Crippen molar-refractivity contribution >= 4 is 11.9 Å². The Morgan fingerprint density at radius 2 is 2.22 bits per heavy atom. The molecule has 0 unspecified atom stereocenters. The monoisotopic (exact) mass is 269 g/mol.